The highest BCUT2D eigenvalue weighted by molar-refractivity contribution is 5.89. The minimum absolute atomic E-state index is 0.0693. The summed E-state index contributed by atoms with van der Waals surface area (Å²) < 4.78 is 5.13. The van der Waals surface area contributed by atoms with Crippen molar-refractivity contribution in [3.63, 3.8) is 0 Å². The Kier molecular flexibility index (Phi) is 3.89. The molecule has 0 aliphatic rings. The molecule has 1 rings (SSSR count). The minimum atomic E-state index is -0.243. The maximum Gasteiger partial charge on any atom is 0.338 e. The maximum atomic E-state index is 11.6. The molecule has 0 bridgehead atoms. The van der Waals surface area contributed by atoms with Gasteiger partial charge in [0.25, 0.3) is 0 Å². The first kappa shape index (κ1) is 11.8. The van der Waals surface area contributed by atoms with E-state index in [4.69, 9.17) is 4.74 Å². The van der Waals surface area contributed by atoms with E-state index in [1.807, 2.05) is 32.0 Å². The van der Waals surface area contributed by atoms with Gasteiger partial charge in [-0.15, -0.1) is 0 Å². The van der Waals surface area contributed by atoms with E-state index in [0.29, 0.717) is 11.5 Å². The zero-order valence-corrected chi connectivity index (χ0v) is 9.78. The van der Waals surface area contributed by atoms with Crippen LogP contribution in [0.4, 0.5) is 0 Å². The maximum absolute atomic E-state index is 11.6. The standard InChI is InChI=1S/C13H18O2/c1-9(2)11-6-5-7-12(8-11)13(14)15-10(3)4/h5-10H,1-4H3. The van der Waals surface area contributed by atoms with E-state index in [9.17, 15) is 4.79 Å². The predicted octanol–water partition coefficient (Wildman–Crippen LogP) is 3.38. The van der Waals surface area contributed by atoms with Gasteiger partial charge < -0.3 is 4.74 Å². The quantitative estimate of drug-likeness (QED) is 0.709. The molecular formula is C13H18O2. The second-order valence-corrected chi connectivity index (χ2v) is 4.23. The van der Waals surface area contributed by atoms with Gasteiger partial charge in [0.1, 0.15) is 0 Å². The molecule has 0 atom stereocenters. The van der Waals surface area contributed by atoms with Crippen LogP contribution in [0.2, 0.25) is 0 Å². The third kappa shape index (κ3) is 3.39. The molecule has 1 aromatic rings. The number of benzene rings is 1. The van der Waals surface area contributed by atoms with Crippen molar-refractivity contribution in [3.05, 3.63) is 35.4 Å². The monoisotopic (exact) mass is 206 g/mol. The first-order chi connectivity index (χ1) is 7.00. The third-order valence-corrected chi connectivity index (χ3v) is 2.13. The molecule has 0 aliphatic heterocycles. The molecule has 0 radical (unpaired) electrons. The van der Waals surface area contributed by atoms with Crippen molar-refractivity contribution in [2.24, 2.45) is 0 Å². The summed E-state index contributed by atoms with van der Waals surface area (Å²) in [6.45, 7) is 7.91. The van der Waals surface area contributed by atoms with E-state index in [-0.39, 0.29) is 12.1 Å². The smallest absolute Gasteiger partial charge is 0.338 e. The molecule has 0 aromatic heterocycles. The van der Waals surface area contributed by atoms with Crippen LogP contribution in [0.15, 0.2) is 24.3 Å². The van der Waals surface area contributed by atoms with Crippen LogP contribution >= 0.6 is 0 Å². The fourth-order valence-corrected chi connectivity index (χ4v) is 1.31. The van der Waals surface area contributed by atoms with Gasteiger partial charge in [-0.2, -0.15) is 0 Å². The lowest BCUT2D eigenvalue weighted by atomic mass is 10.0. The van der Waals surface area contributed by atoms with Crippen LogP contribution in [0.5, 0.6) is 0 Å². The van der Waals surface area contributed by atoms with E-state index < -0.39 is 0 Å². The van der Waals surface area contributed by atoms with Gasteiger partial charge in [-0.25, -0.2) is 4.79 Å². The Morgan fingerprint density at radius 2 is 1.87 bits per heavy atom. The first-order valence-electron chi connectivity index (χ1n) is 5.31. The van der Waals surface area contributed by atoms with Crippen molar-refractivity contribution in [1.29, 1.82) is 0 Å². The molecule has 0 saturated heterocycles. The molecule has 1 aromatic carbocycles. The van der Waals surface area contributed by atoms with Gasteiger partial charge in [0, 0.05) is 0 Å². The highest BCUT2D eigenvalue weighted by atomic mass is 16.5. The van der Waals surface area contributed by atoms with Crippen LogP contribution < -0.4 is 0 Å². The Morgan fingerprint density at radius 1 is 1.20 bits per heavy atom. The molecule has 0 spiro atoms. The van der Waals surface area contributed by atoms with Gasteiger partial charge in [-0.1, -0.05) is 26.0 Å². The average molecular weight is 206 g/mol. The number of hydrogen-bond donors (Lipinski definition) is 0. The fraction of sp³-hybridized carbons (Fsp3) is 0.462. The number of carbonyl (C=O) groups is 1. The second kappa shape index (κ2) is 4.96. The van der Waals surface area contributed by atoms with Gasteiger partial charge >= 0.3 is 5.97 Å². The lowest BCUT2D eigenvalue weighted by Gasteiger charge is -2.10. The first-order valence-corrected chi connectivity index (χ1v) is 5.31. The van der Waals surface area contributed by atoms with Crippen molar-refractivity contribution in [3.8, 4) is 0 Å². The molecule has 2 heteroatoms. The summed E-state index contributed by atoms with van der Waals surface area (Å²) in [5.74, 6) is 0.185. The molecule has 2 nitrogen and oxygen atoms in total. The molecule has 0 fully saturated rings. The normalized spacial score (nSPS) is 10.8. The molecule has 0 unspecified atom stereocenters. The van der Waals surface area contributed by atoms with Crippen molar-refractivity contribution in [2.75, 3.05) is 0 Å². The van der Waals surface area contributed by atoms with E-state index >= 15 is 0 Å². The lowest BCUT2D eigenvalue weighted by molar-refractivity contribution is 0.0378. The van der Waals surface area contributed by atoms with Crippen LogP contribution in [0.3, 0.4) is 0 Å². The molecule has 15 heavy (non-hydrogen) atoms. The highest BCUT2D eigenvalue weighted by Gasteiger charge is 2.10. The number of hydrogen-bond acceptors (Lipinski definition) is 2. The van der Waals surface area contributed by atoms with E-state index in [2.05, 4.69) is 13.8 Å². The average Bonchev–Trinajstić information content (AvgIpc) is 2.17. The van der Waals surface area contributed by atoms with Gasteiger partial charge in [0.2, 0.25) is 0 Å². The fourth-order valence-electron chi connectivity index (χ4n) is 1.31. The molecule has 0 heterocycles. The van der Waals surface area contributed by atoms with Crippen molar-refractivity contribution in [2.45, 2.75) is 39.7 Å². The summed E-state index contributed by atoms with van der Waals surface area (Å²) in [7, 11) is 0. The van der Waals surface area contributed by atoms with Crippen LogP contribution in [0, 0.1) is 0 Å². The predicted molar refractivity (Wildman–Crippen MR) is 61.1 cm³/mol. The topological polar surface area (TPSA) is 26.3 Å². The van der Waals surface area contributed by atoms with Crippen LogP contribution in [-0.4, -0.2) is 12.1 Å². The van der Waals surface area contributed by atoms with E-state index in [1.54, 1.807) is 6.07 Å². The number of carbonyl (C=O) groups excluding carboxylic acids is 1. The van der Waals surface area contributed by atoms with Gasteiger partial charge in [-0.3, -0.25) is 0 Å². The summed E-state index contributed by atoms with van der Waals surface area (Å²) in [6, 6.07) is 7.61. The number of esters is 1. The molecule has 0 aliphatic carbocycles. The van der Waals surface area contributed by atoms with Crippen LogP contribution in [0.1, 0.15) is 49.5 Å². The largest absolute Gasteiger partial charge is 0.459 e. The Labute approximate surface area is 91.3 Å². The number of ether oxygens (including phenoxy) is 1. The van der Waals surface area contributed by atoms with Gasteiger partial charge in [-0.05, 0) is 37.5 Å². The summed E-state index contributed by atoms with van der Waals surface area (Å²) in [5.41, 5.74) is 1.79. The van der Waals surface area contributed by atoms with Crippen LogP contribution in [-0.2, 0) is 4.74 Å². The van der Waals surface area contributed by atoms with Crippen molar-refractivity contribution in [1.82, 2.24) is 0 Å². The zero-order valence-electron chi connectivity index (χ0n) is 9.78. The van der Waals surface area contributed by atoms with Gasteiger partial charge in [0.15, 0.2) is 0 Å². The molecular weight excluding hydrogens is 188 g/mol. The van der Waals surface area contributed by atoms with Gasteiger partial charge in [0.05, 0.1) is 11.7 Å². The van der Waals surface area contributed by atoms with Crippen LogP contribution in [0.25, 0.3) is 0 Å². The summed E-state index contributed by atoms with van der Waals surface area (Å²) in [5, 5.41) is 0. The second-order valence-electron chi connectivity index (χ2n) is 4.23. The van der Waals surface area contributed by atoms with Crippen molar-refractivity contribution < 1.29 is 9.53 Å². The Bertz CT molecular complexity index is 340. The lowest BCUT2D eigenvalue weighted by Crippen LogP contribution is -2.11. The summed E-state index contributed by atoms with van der Waals surface area (Å²) >= 11 is 0. The van der Waals surface area contributed by atoms with E-state index in [0.717, 1.165) is 5.56 Å². The molecule has 82 valence electrons. The molecule has 0 saturated carbocycles. The molecule has 0 N–H and O–H groups in total. The third-order valence-electron chi connectivity index (χ3n) is 2.13. The van der Waals surface area contributed by atoms with E-state index in [1.165, 1.54) is 0 Å². The Morgan fingerprint density at radius 3 is 2.40 bits per heavy atom. The Balaban J connectivity index is 2.85. The zero-order chi connectivity index (χ0) is 11.4. The minimum Gasteiger partial charge on any atom is -0.459 e. The number of rotatable bonds is 3. The highest BCUT2D eigenvalue weighted by Crippen LogP contribution is 2.16. The van der Waals surface area contributed by atoms with Crippen molar-refractivity contribution >= 4 is 5.97 Å². The summed E-state index contributed by atoms with van der Waals surface area (Å²) in [6.07, 6.45) is -0.0693. The molecule has 0 amide bonds. The SMILES string of the molecule is CC(C)OC(=O)c1cccc(C(C)C)c1. The summed E-state index contributed by atoms with van der Waals surface area (Å²) in [4.78, 5) is 11.6. The Hall–Kier alpha value is -1.31.